The number of carbonyl (C=O) groups excluding carboxylic acids is 1. The quantitative estimate of drug-likeness (QED) is 0.613. The number of rotatable bonds is 1. The van der Waals surface area contributed by atoms with Crippen LogP contribution in [-0.4, -0.2) is 23.8 Å². The zero-order valence-electron chi connectivity index (χ0n) is 8.25. The summed E-state index contributed by atoms with van der Waals surface area (Å²) in [6.45, 7) is 4.55. The topological polar surface area (TPSA) is 20.3 Å². The van der Waals surface area contributed by atoms with E-state index in [0.717, 1.165) is 25.9 Å². The van der Waals surface area contributed by atoms with Gasteiger partial charge in [0.25, 0.3) is 0 Å². The van der Waals surface area contributed by atoms with Gasteiger partial charge in [-0.05, 0) is 25.2 Å². The number of hydrogen-bond donors (Lipinski definition) is 0. The fourth-order valence-corrected chi connectivity index (χ4v) is 2.26. The number of ketones is 1. The monoisotopic (exact) mass is 179 g/mol. The van der Waals surface area contributed by atoms with Crippen LogP contribution < -0.4 is 0 Å². The Kier molecular flexibility index (Phi) is 2.38. The van der Waals surface area contributed by atoms with E-state index in [9.17, 15) is 4.79 Å². The van der Waals surface area contributed by atoms with Gasteiger partial charge >= 0.3 is 0 Å². The first-order chi connectivity index (χ1) is 6.27. The van der Waals surface area contributed by atoms with Gasteiger partial charge in [0.1, 0.15) is 0 Å². The fraction of sp³-hybridized carbons (Fsp3) is 0.727. The molecule has 0 aromatic heterocycles. The second kappa shape index (κ2) is 3.52. The van der Waals surface area contributed by atoms with Crippen LogP contribution in [0.2, 0.25) is 0 Å². The molecule has 0 amide bonds. The molecule has 0 N–H and O–H groups in total. The van der Waals surface area contributed by atoms with Crippen molar-refractivity contribution < 1.29 is 4.79 Å². The standard InChI is InChI=1S/C11H17NO/c1-9-4-5-10(13)8-11(9)12-6-2-3-7-12/h8-9H,2-7H2,1H3. The van der Waals surface area contributed by atoms with Crippen LogP contribution in [0.25, 0.3) is 0 Å². The largest absolute Gasteiger partial charge is 0.375 e. The highest BCUT2D eigenvalue weighted by Crippen LogP contribution is 2.27. The molecule has 1 aliphatic carbocycles. The molecule has 1 fully saturated rings. The van der Waals surface area contributed by atoms with E-state index in [1.807, 2.05) is 6.08 Å². The molecule has 0 aromatic carbocycles. The van der Waals surface area contributed by atoms with Crippen molar-refractivity contribution in [2.45, 2.75) is 32.6 Å². The lowest BCUT2D eigenvalue weighted by Crippen LogP contribution is -2.26. The van der Waals surface area contributed by atoms with Crippen LogP contribution in [0.1, 0.15) is 32.6 Å². The maximum atomic E-state index is 11.3. The first-order valence-electron chi connectivity index (χ1n) is 5.27. The van der Waals surface area contributed by atoms with Gasteiger partial charge < -0.3 is 4.90 Å². The van der Waals surface area contributed by atoms with E-state index >= 15 is 0 Å². The highest BCUT2D eigenvalue weighted by molar-refractivity contribution is 5.91. The molecule has 0 radical (unpaired) electrons. The Morgan fingerprint density at radius 1 is 1.38 bits per heavy atom. The van der Waals surface area contributed by atoms with Crippen LogP contribution in [-0.2, 0) is 4.79 Å². The zero-order chi connectivity index (χ0) is 9.26. The van der Waals surface area contributed by atoms with Gasteiger partial charge in [-0.25, -0.2) is 0 Å². The van der Waals surface area contributed by atoms with Crippen LogP contribution in [0.15, 0.2) is 11.8 Å². The summed E-state index contributed by atoms with van der Waals surface area (Å²) in [5.74, 6) is 0.913. The number of nitrogens with zero attached hydrogens (tertiary/aromatic N) is 1. The van der Waals surface area contributed by atoms with Crippen molar-refractivity contribution in [3.8, 4) is 0 Å². The predicted octanol–water partition coefficient (Wildman–Crippen LogP) is 1.97. The maximum Gasteiger partial charge on any atom is 0.157 e. The summed E-state index contributed by atoms with van der Waals surface area (Å²) in [4.78, 5) is 13.7. The van der Waals surface area contributed by atoms with Crippen LogP contribution >= 0.6 is 0 Å². The predicted molar refractivity (Wildman–Crippen MR) is 52.3 cm³/mol. The second-order valence-corrected chi connectivity index (χ2v) is 4.17. The summed E-state index contributed by atoms with van der Waals surface area (Å²) in [6, 6.07) is 0. The molecule has 1 aliphatic heterocycles. The molecule has 13 heavy (non-hydrogen) atoms. The third-order valence-corrected chi connectivity index (χ3v) is 3.11. The Balaban J connectivity index is 2.13. The number of hydrogen-bond acceptors (Lipinski definition) is 2. The van der Waals surface area contributed by atoms with Crippen molar-refractivity contribution in [2.24, 2.45) is 5.92 Å². The van der Waals surface area contributed by atoms with Crippen molar-refractivity contribution in [1.29, 1.82) is 0 Å². The fourth-order valence-electron chi connectivity index (χ4n) is 2.26. The van der Waals surface area contributed by atoms with Crippen molar-refractivity contribution in [2.75, 3.05) is 13.1 Å². The van der Waals surface area contributed by atoms with Crippen LogP contribution in [0.3, 0.4) is 0 Å². The van der Waals surface area contributed by atoms with E-state index in [-0.39, 0.29) is 0 Å². The maximum absolute atomic E-state index is 11.3. The van der Waals surface area contributed by atoms with Crippen molar-refractivity contribution in [1.82, 2.24) is 4.90 Å². The lowest BCUT2D eigenvalue weighted by Gasteiger charge is -2.29. The van der Waals surface area contributed by atoms with Crippen LogP contribution in [0.4, 0.5) is 0 Å². The van der Waals surface area contributed by atoms with Gasteiger partial charge in [0.2, 0.25) is 0 Å². The highest BCUT2D eigenvalue weighted by atomic mass is 16.1. The molecule has 1 saturated heterocycles. The van der Waals surface area contributed by atoms with E-state index in [0.29, 0.717) is 11.7 Å². The van der Waals surface area contributed by atoms with Gasteiger partial charge in [0.05, 0.1) is 0 Å². The summed E-state index contributed by atoms with van der Waals surface area (Å²) in [5, 5.41) is 0. The number of likely N-dealkylation sites (tertiary alicyclic amines) is 1. The van der Waals surface area contributed by atoms with E-state index in [2.05, 4.69) is 11.8 Å². The summed E-state index contributed by atoms with van der Waals surface area (Å²) < 4.78 is 0. The van der Waals surface area contributed by atoms with Gasteiger partial charge in [-0.1, -0.05) is 6.92 Å². The van der Waals surface area contributed by atoms with Gasteiger partial charge in [-0.3, -0.25) is 4.79 Å². The van der Waals surface area contributed by atoms with E-state index < -0.39 is 0 Å². The molecule has 0 aromatic rings. The Morgan fingerprint density at radius 2 is 2.08 bits per heavy atom. The van der Waals surface area contributed by atoms with E-state index in [1.165, 1.54) is 18.5 Å². The molecule has 1 heterocycles. The first kappa shape index (κ1) is 8.79. The highest BCUT2D eigenvalue weighted by Gasteiger charge is 2.23. The van der Waals surface area contributed by atoms with Gasteiger partial charge in [-0.15, -0.1) is 0 Å². The number of carbonyl (C=O) groups is 1. The Morgan fingerprint density at radius 3 is 2.77 bits per heavy atom. The lowest BCUT2D eigenvalue weighted by atomic mass is 9.92. The van der Waals surface area contributed by atoms with Crippen LogP contribution in [0, 0.1) is 5.92 Å². The minimum Gasteiger partial charge on any atom is -0.375 e. The third-order valence-electron chi connectivity index (χ3n) is 3.11. The van der Waals surface area contributed by atoms with E-state index in [4.69, 9.17) is 0 Å². The molecule has 0 spiro atoms. The molecule has 2 aliphatic rings. The van der Waals surface area contributed by atoms with Crippen molar-refractivity contribution >= 4 is 5.78 Å². The van der Waals surface area contributed by atoms with Gasteiger partial charge in [0.15, 0.2) is 5.78 Å². The summed E-state index contributed by atoms with van der Waals surface area (Å²) >= 11 is 0. The Labute approximate surface area is 79.6 Å². The van der Waals surface area contributed by atoms with E-state index in [1.54, 1.807) is 0 Å². The van der Waals surface area contributed by atoms with Gasteiger partial charge in [0, 0.05) is 31.3 Å². The molecule has 0 bridgehead atoms. The zero-order valence-corrected chi connectivity index (χ0v) is 8.25. The normalized spacial score (nSPS) is 29.3. The number of allylic oxidation sites excluding steroid dienone is 2. The smallest absolute Gasteiger partial charge is 0.157 e. The molecular formula is C11H17NO. The minimum atomic E-state index is 0.319. The third kappa shape index (κ3) is 1.77. The lowest BCUT2D eigenvalue weighted by molar-refractivity contribution is -0.115. The SMILES string of the molecule is CC1CCC(=O)C=C1N1CCCC1. The first-order valence-corrected chi connectivity index (χ1v) is 5.27. The molecule has 0 saturated carbocycles. The van der Waals surface area contributed by atoms with Crippen molar-refractivity contribution in [3.63, 3.8) is 0 Å². The van der Waals surface area contributed by atoms with Crippen molar-refractivity contribution in [3.05, 3.63) is 11.8 Å². The Bertz CT molecular complexity index is 238. The molecule has 2 heteroatoms. The Hall–Kier alpha value is -0.790. The van der Waals surface area contributed by atoms with Gasteiger partial charge in [-0.2, -0.15) is 0 Å². The summed E-state index contributed by atoms with van der Waals surface area (Å²) in [7, 11) is 0. The van der Waals surface area contributed by atoms with Crippen LogP contribution in [0.5, 0.6) is 0 Å². The average Bonchev–Trinajstić information content (AvgIpc) is 2.61. The molecule has 2 rings (SSSR count). The molecule has 2 nitrogen and oxygen atoms in total. The second-order valence-electron chi connectivity index (χ2n) is 4.17. The molecule has 72 valence electrons. The molecule has 1 unspecified atom stereocenters. The molecule has 1 atom stereocenters. The minimum absolute atomic E-state index is 0.319. The summed E-state index contributed by atoms with van der Waals surface area (Å²) in [6.07, 6.45) is 6.25. The summed E-state index contributed by atoms with van der Waals surface area (Å²) in [5.41, 5.74) is 1.30. The average molecular weight is 179 g/mol. The molecular weight excluding hydrogens is 162 g/mol.